The summed E-state index contributed by atoms with van der Waals surface area (Å²) in [5.74, 6) is -1.53. The zero-order valence-electron chi connectivity index (χ0n) is 21.3. The highest BCUT2D eigenvalue weighted by atomic mass is 16.6. The van der Waals surface area contributed by atoms with Crippen LogP contribution < -0.4 is 14.4 Å². The van der Waals surface area contributed by atoms with E-state index in [-0.39, 0.29) is 17.7 Å². The summed E-state index contributed by atoms with van der Waals surface area (Å²) in [6.45, 7) is 3.99. The van der Waals surface area contributed by atoms with Gasteiger partial charge in [0.25, 0.3) is 17.6 Å². The van der Waals surface area contributed by atoms with Gasteiger partial charge in [0.15, 0.2) is 17.0 Å². The van der Waals surface area contributed by atoms with Gasteiger partial charge in [0.1, 0.15) is 19.0 Å². The van der Waals surface area contributed by atoms with Crippen LogP contribution >= 0.6 is 0 Å². The van der Waals surface area contributed by atoms with Gasteiger partial charge in [-0.05, 0) is 57.7 Å². The number of aliphatic hydroxyl groups is 1. The van der Waals surface area contributed by atoms with Crippen LogP contribution in [0.3, 0.4) is 0 Å². The first kappa shape index (κ1) is 24.8. The Labute approximate surface area is 215 Å². The molecule has 5 rings (SSSR count). The van der Waals surface area contributed by atoms with Crippen LogP contribution in [-0.4, -0.2) is 79.4 Å². The second-order valence-electron chi connectivity index (χ2n) is 9.71. The molecule has 0 aromatic heterocycles. The topological polar surface area (TPSA) is 99.6 Å². The SMILES string of the molecule is CCCN1C(=O)[C@@]2(C(=C(O)c3ccc4c(c3)OCCO4)C(=O)C(=O)N2CCCN(C)C)c2ccccc21. The Kier molecular flexibility index (Phi) is 6.41. The summed E-state index contributed by atoms with van der Waals surface area (Å²) in [7, 11) is 3.84. The highest BCUT2D eigenvalue weighted by molar-refractivity contribution is 6.50. The Balaban J connectivity index is 1.74. The van der Waals surface area contributed by atoms with Gasteiger partial charge in [-0.3, -0.25) is 14.4 Å². The van der Waals surface area contributed by atoms with Crippen LogP contribution in [0.4, 0.5) is 5.69 Å². The van der Waals surface area contributed by atoms with E-state index in [2.05, 4.69) is 0 Å². The maximum atomic E-state index is 14.3. The fourth-order valence-corrected chi connectivity index (χ4v) is 5.49. The van der Waals surface area contributed by atoms with Crippen LogP contribution in [0.1, 0.15) is 30.9 Å². The molecule has 2 aromatic rings. The summed E-state index contributed by atoms with van der Waals surface area (Å²) in [4.78, 5) is 46.5. The van der Waals surface area contributed by atoms with Crippen molar-refractivity contribution in [1.82, 2.24) is 9.80 Å². The lowest BCUT2D eigenvalue weighted by molar-refractivity contribution is -0.143. The van der Waals surface area contributed by atoms with Crippen molar-refractivity contribution in [3.8, 4) is 11.5 Å². The number of carbonyl (C=O) groups is 3. The maximum Gasteiger partial charge on any atom is 0.296 e. The molecule has 0 radical (unpaired) electrons. The molecule has 194 valence electrons. The molecule has 3 aliphatic heterocycles. The summed E-state index contributed by atoms with van der Waals surface area (Å²) >= 11 is 0. The zero-order valence-corrected chi connectivity index (χ0v) is 21.3. The molecule has 0 unspecified atom stereocenters. The normalized spacial score (nSPS) is 21.9. The van der Waals surface area contributed by atoms with E-state index >= 15 is 0 Å². The fourth-order valence-electron chi connectivity index (χ4n) is 5.49. The average molecular weight is 506 g/mol. The number of anilines is 1. The summed E-state index contributed by atoms with van der Waals surface area (Å²) < 4.78 is 11.2. The van der Waals surface area contributed by atoms with E-state index in [4.69, 9.17) is 9.47 Å². The number of hydrogen-bond donors (Lipinski definition) is 1. The highest BCUT2D eigenvalue weighted by Crippen LogP contribution is 2.53. The molecular formula is C28H31N3O6. The quantitative estimate of drug-likeness (QED) is 0.351. The van der Waals surface area contributed by atoms with E-state index in [1.165, 1.54) is 4.90 Å². The third-order valence-electron chi connectivity index (χ3n) is 7.06. The van der Waals surface area contributed by atoms with Crippen molar-refractivity contribution < 1.29 is 29.0 Å². The number of benzene rings is 2. The van der Waals surface area contributed by atoms with Gasteiger partial charge in [-0.2, -0.15) is 0 Å². The summed E-state index contributed by atoms with van der Waals surface area (Å²) in [6.07, 6.45) is 1.24. The highest BCUT2D eigenvalue weighted by Gasteiger charge is 2.66. The minimum Gasteiger partial charge on any atom is -0.507 e. The van der Waals surface area contributed by atoms with Crippen molar-refractivity contribution in [3.63, 3.8) is 0 Å². The van der Waals surface area contributed by atoms with Gasteiger partial charge in [0.2, 0.25) is 0 Å². The first-order valence-corrected chi connectivity index (χ1v) is 12.6. The van der Waals surface area contributed by atoms with Gasteiger partial charge in [0, 0.05) is 24.2 Å². The number of amides is 2. The minimum absolute atomic E-state index is 0.181. The number of aliphatic hydroxyl groups excluding tert-OH is 1. The van der Waals surface area contributed by atoms with Crippen molar-refractivity contribution >= 4 is 29.0 Å². The fraction of sp³-hybridized carbons (Fsp3) is 0.393. The first-order valence-electron chi connectivity index (χ1n) is 12.6. The third kappa shape index (κ3) is 3.76. The van der Waals surface area contributed by atoms with Gasteiger partial charge in [-0.25, -0.2) is 0 Å². The summed E-state index contributed by atoms with van der Waals surface area (Å²) in [5.41, 5.74) is -0.522. The number of ether oxygens (including phenoxy) is 2. The minimum atomic E-state index is -1.75. The molecule has 0 saturated carbocycles. The number of hydrogen-bond acceptors (Lipinski definition) is 7. The predicted molar refractivity (Wildman–Crippen MR) is 138 cm³/mol. The molecule has 1 fully saturated rings. The molecule has 0 bridgehead atoms. The van der Waals surface area contributed by atoms with Gasteiger partial charge in [-0.15, -0.1) is 0 Å². The number of rotatable bonds is 7. The molecule has 37 heavy (non-hydrogen) atoms. The standard InChI is InChI=1S/C28H31N3O6/c1-4-12-30-20-9-6-5-8-19(20)28(27(30)35)23(25(33)26(34)31(28)14-7-13-29(2)3)24(32)18-10-11-21-22(17-18)37-16-15-36-21/h5-6,8-11,17,32H,4,7,12-16H2,1-3H3/t28-/m0/s1. The molecule has 9 nitrogen and oxygen atoms in total. The average Bonchev–Trinajstić information content (AvgIpc) is 3.27. The van der Waals surface area contributed by atoms with Crippen molar-refractivity contribution in [2.45, 2.75) is 25.3 Å². The Hall–Kier alpha value is -3.85. The molecule has 1 atom stereocenters. The van der Waals surface area contributed by atoms with Crippen LogP contribution in [0.2, 0.25) is 0 Å². The molecule has 3 heterocycles. The second-order valence-corrected chi connectivity index (χ2v) is 9.71. The predicted octanol–water partition coefficient (Wildman–Crippen LogP) is 2.74. The number of nitrogens with zero attached hydrogens (tertiary/aromatic N) is 3. The number of ketones is 1. The first-order chi connectivity index (χ1) is 17.8. The van der Waals surface area contributed by atoms with Crippen molar-refractivity contribution in [3.05, 3.63) is 59.2 Å². The van der Waals surface area contributed by atoms with Crippen LogP contribution in [0.25, 0.3) is 5.76 Å². The lowest BCUT2D eigenvalue weighted by Gasteiger charge is -2.35. The van der Waals surface area contributed by atoms with Crippen LogP contribution in [-0.2, 0) is 19.9 Å². The Morgan fingerprint density at radius 3 is 2.49 bits per heavy atom. The lowest BCUT2D eigenvalue weighted by Crippen LogP contribution is -2.52. The largest absolute Gasteiger partial charge is 0.507 e. The number of carbonyl (C=O) groups excluding carboxylic acids is 3. The Morgan fingerprint density at radius 2 is 1.76 bits per heavy atom. The molecule has 9 heteroatoms. The molecule has 2 aromatic carbocycles. The second kappa shape index (κ2) is 9.55. The summed E-state index contributed by atoms with van der Waals surface area (Å²) in [5, 5.41) is 11.6. The Bertz CT molecular complexity index is 1300. The van der Waals surface area contributed by atoms with E-state index in [1.54, 1.807) is 35.2 Å². The van der Waals surface area contributed by atoms with E-state index < -0.39 is 28.9 Å². The molecule has 1 saturated heterocycles. The number of Topliss-reactive ketones (excluding diaryl/α,β-unsaturated/α-hetero) is 1. The zero-order chi connectivity index (χ0) is 26.3. The number of likely N-dealkylation sites (tertiary alicyclic amines) is 1. The third-order valence-corrected chi connectivity index (χ3v) is 7.06. The molecule has 3 aliphatic rings. The lowest BCUT2D eigenvalue weighted by atomic mass is 9.81. The maximum absolute atomic E-state index is 14.3. The molecule has 0 aliphatic carbocycles. The summed E-state index contributed by atoms with van der Waals surface area (Å²) in [6, 6.07) is 12.0. The van der Waals surface area contributed by atoms with E-state index in [1.807, 2.05) is 38.1 Å². The van der Waals surface area contributed by atoms with Crippen LogP contribution in [0.15, 0.2) is 48.0 Å². The van der Waals surface area contributed by atoms with Crippen molar-refractivity contribution in [1.29, 1.82) is 0 Å². The molecular weight excluding hydrogens is 474 g/mol. The van der Waals surface area contributed by atoms with E-state index in [9.17, 15) is 19.5 Å². The van der Waals surface area contributed by atoms with E-state index in [0.717, 1.165) is 0 Å². The van der Waals surface area contributed by atoms with Gasteiger partial charge >= 0.3 is 0 Å². The van der Waals surface area contributed by atoms with Gasteiger partial charge < -0.3 is 29.3 Å². The van der Waals surface area contributed by atoms with Crippen molar-refractivity contribution in [2.24, 2.45) is 0 Å². The van der Waals surface area contributed by atoms with Crippen LogP contribution in [0, 0.1) is 0 Å². The van der Waals surface area contributed by atoms with Gasteiger partial charge in [-0.1, -0.05) is 25.1 Å². The number of fused-ring (bicyclic) bond motifs is 3. The van der Waals surface area contributed by atoms with Crippen LogP contribution in [0.5, 0.6) is 11.5 Å². The molecule has 1 N–H and O–H groups in total. The molecule has 2 amide bonds. The monoisotopic (exact) mass is 505 g/mol. The van der Waals surface area contributed by atoms with E-state index in [0.29, 0.717) is 61.9 Å². The number of para-hydroxylation sites is 1. The smallest absolute Gasteiger partial charge is 0.296 e. The van der Waals surface area contributed by atoms with Gasteiger partial charge in [0.05, 0.1) is 11.3 Å². The van der Waals surface area contributed by atoms with Crippen molar-refractivity contribution in [2.75, 3.05) is 51.8 Å². The molecule has 1 spiro atoms. The Morgan fingerprint density at radius 1 is 1.03 bits per heavy atom.